The minimum atomic E-state index is 0.809. The highest BCUT2D eigenvalue weighted by Crippen LogP contribution is 2.27. The van der Waals surface area contributed by atoms with Crippen LogP contribution in [0, 0.1) is 11.8 Å². The molecule has 2 unspecified atom stereocenters. The van der Waals surface area contributed by atoms with Crippen LogP contribution in [0.5, 0.6) is 0 Å². The lowest BCUT2D eigenvalue weighted by Gasteiger charge is -2.27. The molecule has 0 saturated heterocycles. The summed E-state index contributed by atoms with van der Waals surface area (Å²) in [6, 6.07) is 2.15. The van der Waals surface area contributed by atoms with Crippen LogP contribution in [0.25, 0.3) is 0 Å². The van der Waals surface area contributed by atoms with Crippen molar-refractivity contribution in [3.05, 3.63) is 22.4 Å². The predicted molar refractivity (Wildman–Crippen MR) is 83.6 cm³/mol. The molecule has 19 heavy (non-hydrogen) atoms. The summed E-state index contributed by atoms with van der Waals surface area (Å²) in [5, 5.41) is 11.1. The van der Waals surface area contributed by atoms with Crippen molar-refractivity contribution in [1.29, 1.82) is 0 Å². The van der Waals surface area contributed by atoms with Crippen LogP contribution in [-0.2, 0) is 6.54 Å². The van der Waals surface area contributed by atoms with Crippen LogP contribution in [0.15, 0.2) is 21.8 Å². The second-order valence-corrected chi connectivity index (χ2v) is 6.36. The van der Waals surface area contributed by atoms with Gasteiger partial charge in [-0.05, 0) is 47.1 Å². The first-order valence-corrected chi connectivity index (χ1v) is 8.17. The van der Waals surface area contributed by atoms with E-state index >= 15 is 0 Å². The average Bonchev–Trinajstić information content (AvgIpc) is 2.92. The minimum absolute atomic E-state index is 0.809. The van der Waals surface area contributed by atoms with Crippen molar-refractivity contribution >= 4 is 17.3 Å². The molecule has 0 aromatic carbocycles. The third-order valence-corrected chi connectivity index (χ3v) is 4.60. The molecule has 1 saturated carbocycles. The van der Waals surface area contributed by atoms with Gasteiger partial charge >= 0.3 is 0 Å². The summed E-state index contributed by atoms with van der Waals surface area (Å²) in [6.07, 6.45) is 5.50. The molecule has 106 valence electrons. The summed E-state index contributed by atoms with van der Waals surface area (Å²) >= 11 is 1.73. The van der Waals surface area contributed by atoms with Gasteiger partial charge in [0.2, 0.25) is 0 Å². The first-order valence-electron chi connectivity index (χ1n) is 7.23. The fraction of sp³-hybridized carbons (Fsp3) is 0.667. The van der Waals surface area contributed by atoms with Crippen molar-refractivity contribution in [3.63, 3.8) is 0 Å². The minimum Gasteiger partial charge on any atom is -0.356 e. The van der Waals surface area contributed by atoms with Crippen LogP contribution < -0.4 is 10.6 Å². The Morgan fingerprint density at radius 1 is 1.42 bits per heavy atom. The van der Waals surface area contributed by atoms with E-state index in [0.717, 1.165) is 30.9 Å². The lowest BCUT2D eigenvalue weighted by Crippen LogP contribution is -2.40. The Morgan fingerprint density at radius 2 is 2.32 bits per heavy atom. The van der Waals surface area contributed by atoms with Crippen LogP contribution in [0.1, 0.15) is 38.2 Å². The van der Waals surface area contributed by atoms with Gasteiger partial charge in [-0.1, -0.05) is 19.8 Å². The number of guanidine groups is 1. The summed E-state index contributed by atoms with van der Waals surface area (Å²) in [7, 11) is 1.84. The molecule has 1 heterocycles. The van der Waals surface area contributed by atoms with E-state index in [4.69, 9.17) is 0 Å². The summed E-state index contributed by atoms with van der Waals surface area (Å²) < 4.78 is 0. The smallest absolute Gasteiger partial charge is 0.191 e. The molecule has 0 spiro atoms. The monoisotopic (exact) mass is 279 g/mol. The Hall–Kier alpha value is -1.03. The zero-order chi connectivity index (χ0) is 13.5. The predicted octanol–water partition coefficient (Wildman–Crippen LogP) is 3.24. The number of nitrogens with zero attached hydrogens (tertiary/aromatic N) is 1. The number of hydrogen-bond donors (Lipinski definition) is 2. The van der Waals surface area contributed by atoms with E-state index in [2.05, 4.69) is 39.4 Å². The SMILES string of the molecule is CN=C(NCc1ccsc1)NCC1CCCC(C)C1. The fourth-order valence-electron chi connectivity index (χ4n) is 2.79. The zero-order valence-corrected chi connectivity index (χ0v) is 12.8. The first kappa shape index (κ1) is 14.4. The molecular weight excluding hydrogens is 254 g/mol. The van der Waals surface area contributed by atoms with Crippen LogP contribution >= 0.6 is 11.3 Å². The van der Waals surface area contributed by atoms with Gasteiger partial charge in [0.1, 0.15) is 0 Å². The second-order valence-electron chi connectivity index (χ2n) is 5.58. The normalized spacial score (nSPS) is 24.2. The van der Waals surface area contributed by atoms with E-state index in [0.29, 0.717) is 0 Å². The van der Waals surface area contributed by atoms with Crippen molar-refractivity contribution in [1.82, 2.24) is 10.6 Å². The van der Waals surface area contributed by atoms with Gasteiger partial charge in [0.25, 0.3) is 0 Å². The topological polar surface area (TPSA) is 36.4 Å². The van der Waals surface area contributed by atoms with Gasteiger partial charge in [-0.25, -0.2) is 0 Å². The molecule has 1 fully saturated rings. The molecule has 2 atom stereocenters. The number of aliphatic imine (C=N–C) groups is 1. The summed E-state index contributed by atoms with van der Waals surface area (Å²) in [5.74, 6) is 2.62. The van der Waals surface area contributed by atoms with Crippen LogP contribution in [0.3, 0.4) is 0 Å². The standard InChI is InChI=1S/C15H25N3S/c1-12-4-3-5-13(8-12)9-17-15(16-2)18-10-14-6-7-19-11-14/h6-7,11-13H,3-5,8-10H2,1-2H3,(H2,16,17,18). The maximum atomic E-state index is 4.29. The lowest BCUT2D eigenvalue weighted by atomic mass is 9.82. The van der Waals surface area contributed by atoms with Gasteiger partial charge in [-0.15, -0.1) is 0 Å². The third kappa shape index (κ3) is 4.86. The number of rotatable bonds is 4. The Labute approximate surface area is 120 Å². The van der Waals surface area contributed by atoms with Crippen molar-refractivity contribution in [2.24, 2.45) is 16.8 Å². The van der Waals surface area contributed by atoms with Gasteiger partial charge in [0.05, 0.1) is 0 Å². The van der Waals surface area contributed by atoms with Crippen LogP contribution in [0.4, 0.5) is 0 Å². The van der Waals surface area contributed by atoms with E-state index in [9.17, 15) is 0 Å². The molecule has 2 N–H and O–H groups in total. The first-order chi connectivity index (χ1) is 9.28. The molecule has 2 rings (SSSR count). The van der Waals surface area contributed by atoms with Gasteiger partial charge in [0.15, 0.2) is 5.96 Å². The van der Waals surface area contributed by atoms with Crippen molar-refractivity contribution in [2.45, 2.75) is 39.2 Å². The molecule has 0 bridgehead atoms. The number of hydrogen-bond acceptors (Lipinski definition) is 2. The van der Waals surface area contributed by atoms with E-state index in [1.165, 1.54) is 31.2 Å². The summed E-state index contributed by atoms with van der Waals surface area (Å²) in [5.41, 5.74) is 1.32. The van der Waals surface area contributed by atoms with Crippen LogP contribution in [0.2, 0.25) is 0 Å². The zero-order valence-electron chi connectivity index (χ0n) is 12.0. The Balaban J connectivity index is 1.70. The number of thiophene rings is 1. The highest BCUT2D eigenvalue weighted by Gasteiger charge is 2.18. The largest absolute Gasteiger partial charge is 0.356 e. The highest BCUT2D eigenvalue weighted by molar-refractivity contribution is 7.07. The van der Waals surface area contributed by atoms with Gasteiger partial charge in [0, 0.05) is 20.1 Å². The molecule has 0 radical (unpaired) electrons. The summed E-state index contributed by atoms with van der Waals surface area (Å²) in [6.45, 7) is 4.27. The molecule has 0 aliphatic heterocycles. The highest BCUT2D eigenvalue weighted by atomic mass is 32.1. The maximum absolute atomic E-state index is 4.29. The molecular formula is C15H25N3S. The Bertz CT molecular complexity index is 386. The van der Waals surface area contributed by atoms with Gasteiger partial charge in [-0.2, -0.15) is 11.3 Å². The quantitative estimate of drug-likeness (QED) is 0.656. The Kier molecular flexibility index (Phi) is 5.70. The Morgan fingerprint density at radius 3 is 3.00 bits per heavy atom. The van der Waals surface area contributed by atoms with Crippen molar-refractivity contribution in [2.75, 3.05) is 13.6 Å². The van der Waals surface area contributed by atoms with Crippen LogP contribution in [-0.4, -0.2) is 19.6 Å². The van der Waals surface area contributed by atoms with E-state index in [1.807, 2.05) is 7.05 Å². The third-order valence-electron chi connectivity index (χ3n) is 3.87. The van der Waals surface area contributed by atoms with Gasteiger partial charge in [-0.3, -0.25) is 4.99 Å². The molecule has 3 nitrogen and oxygen atoms in total. The molecule has 4 heteroatoms. The second kappa shape index (κ2) is 7.53. The summed E-state index contributed by atoms with van der Waals surface area (Å²) in [4.78, 5) is 4.29. The average molecular weight is 279 g/mol. The molecule has 1 aromatic rings. The van der Waals surface area contributed by atoms with Crippen molar-refractivity contribution < 1.29 is 0 Å². The van der Waals surface area contributed by atoms with Gasteiger partial charge < -0.3 is 10.6 Å². The fourth-order valence-corrected chi connectivity index (χ4v) is 3.45. The molecule has 1 aliphatic carbocycles. The molecule has 0 amide bonds. The lowest BCUT2D eigenvalue weighted by molar-refractivity contribution is 0.282. The van der Waals surface area contributed by atoms with Crippen molar-refractivity contribution in [3.8, 4) is 0 Å². The molecule has 1 aromatic heterocycles. The van der Waals surface area contributed by atoms with E-state index < -0.39 is 0 Å². The van der Waals surface area contributed by atoms with E-state index in [1.54, 1.807) is 11.3 Å². The molecule has 1 aliphatic rings. The van der Waals surface area contributed by atoms with E-state index in [-0.39, 0.29) is 0 Å². The number of nitrogens with one attached hydrogen (secondary N) is 2. The maximum Gasteiger partial charge on any atom is 0.191 e.